The first kappa shape index (κ1) is 25.9. The lowest BCUT2D eigenvalue weighted by molar-refractivity contribution is 0.272. The second-order valence-corrected chi connectivity index (χ2v) is 12.0. The van der Waals surface area contributed by atoms with Gasteiger partial charge in [-0.3, -0.25) is 4.90 Å². The van der Waals surface area contributed by atoms with Gasteiger partial charge in [-0.25, -0.2) is 0 Å². The van der Waals surface area contributed by atoms with Gasteiger partial charge in [0.15, 0.2) is 0 Å². The average molecular weight is 554 g/mol. The zero-order chi connectivity index (χ0) is 28.8. The van der Waals surface area contributed by atoms with Crippen LogP contribution in [0.1, 0.15) is 51.4 Å². The Bertz CT molecular complexity index is 1900. The Morgan fingerprint density at radius 1 is 0.535 bits per heavy atom. The largest absolute Gasteiger partial charge is 0.295 e. The maximum Gasteiger partial charge on any atom is 0.0713 e. The fraction of sp³-hybridized carbons (Fsp3) is 0.143. The predicted octanol–water partition coefficient (Wildman–Crippen LogP) is 9.64. The zero-order valence-electron chi connectivity index (χ0n) is 24.6. The van der Waals surface area contributed by atoms with Gasteiger partial charge in [0.25, 0.3) is 0 Å². The van der Waals surface area contributed by atoms with E-state index < -0.39 is 0 Å². The standard InChI is InChI=1S/C42H35N/c1-2-43(28-30-24-25-32-27-31-14-9-10-20-36(31)38(32)26-30)29-33-15-13-23-40-41(33)37-21-11-12-22-39(37)42(40,34-16-5-3-6-17-34)35-18-7-4-8-19-35/h3-26H,2,27-29H2,1H3. The fourth-order valence-corrected chi connectivity index (χ4v) is 7.75. The van der Waals surface area contributed by atoms with E-state index in [4.69, 9.17) is 0 Å². The van der Waals surface area contributed by atoms with Gasteiger partial charge in [0.05, 0.1) is 5.41 Å². The molecule has 2 aliphatic rings. The van der Waals surface area contributed by atoms with Crippen LogP contribution in [-0.2, 0) is 24.9 Å². The number of nitrogens with zero attached hydrogens (tertiary/aromatic N) is 1. The summed E-state index contributed by atoms with van der Waals surface area (Å²) in [4.78, 5) is 2.59. The number of hydrogen-bond acceptors (Lipinski definition) is 1. The maximum atomic E-state index is 2.59. The Morgan fingerprint density at radius 2 is 1.16 bits per heavy atom. The summed E-state index contributed by atoms with van der Waals surface area (Å²) < 4.78 is 0. The summed E-state index contributed by atoms with van der Waals surface area (Å²) in [6.07, 6.45) is 1.05. The second kappa shape index (κ2) is 10.5. The van der Waals surface area contributed by atoms with Crippen molar-refractivity contribution in [3.8, 4) is 22.3 Å². The highest BCUT2D eigenvalue weighted by Gasteiger charge is 2.46. The van der Waals surface area contributed by atoms with Crippen LogP contribution in [0.3, 0.4) is 0 Å². The quantitative estimate of drug-likeness (QED) is 0.190. The molecule has 6 aromatic rings. The lowest BCUT2D eigenvalue weighted by atomic mass is 9.67. The summed E-state index contributed by atoms with van der Waals surface area (Å²) >= 11 is 0. The number of hydrogen-bond donors (Lipinski definition) is 0. The first-order valence-corrected chi connectivity index (χ1v) is 15.5. The summed E-state index contributed by atoms with van der Waals surface area (Å²) in [5, 5.41) is 0. The van der Waals surface area contributed by atoms with Gasteiger partial charge in [-0.2, -0.15) is 0 Å². The molecule has 2 aliphatic carbocycles. The van der Waals surface area contributed by atoms with Gasteiger partial charge in [0.1, 0.15) is 0 Å². The summed E-state index contributed by atoms with van der Waals surface area (Å²) in [5.74, 6) is 0. The summed E-state index contributed by atoms with van der Waals surface area (Å²) in [6.45, 7) is 5.11. The molecule has 208 valence electrons. The molecule has 1 nitrogen and oxygen atoms in total. The molecule has 0 N–H and O–H groups in total. The Balaban J connectivity index is 1.22. The van der Waals surface area contributed by atoms with Crippen LogP contribution in [0.25, 0.3) is 22.3 Å². The van der Waals surface area contributed by atoms with Gasteiger partial charge in [0, 0.05) is 13.1 Å². The van der Waals surface area contributed by atoms with E-state index in [2.05, 4.69) is 157 Å². The third-order valence-electron chi connectivity index (χ3n) is 9.68. The summed E-state index contributed by atoms with van der Waals surface area (Å²) in [5.41, 5.74) is 16.3. The third kappa shape index (κ3) is 4.11. The lowest BCUT2D eigenvalue weighted by Gasteiger charge is -2.34. The normalized spacial score (nSPS) is 13.8. The van der Waals surface area contributed by atoms with Crippen molar-refractivity contribution in [2.24, 2.45) is 0 Å². The van der Waals surface area contributed by atoms with E-state index in [9.17, 15) is 0 Å². The van der Waals surface area contributed by atoms with Crippen LogP contribution in [0.5, 0.6) is 0 Å². The minimum Gasteiger partial charge on any atom is -0.295 e. The fourth-order valence-electron chi connectivity index (χ4n) is 7.75. The van der Waals surface area contributed by atoms with Gasteiger partial charge in [-0.1, -0.05) is 146 Å². The number of benzene rings is 6. The van der Waals surface area contributed by atoms with Gasteiger partial charge in [-0.05, 0) is 85.8 Å². The highest BCUT2D eigenvalue weighted by Crippen LogP contribution is 2.57. The highest BCUT2D eigenvalue weighted by molar-refractivity contribution is 5.88. The van der Waals surface area contributed by atoms with Crippen LogP contribution in [0.4, 0.5) is 0 Å². The molecule has 0 aromatic heterocycles. The van der Waals surface area contributed by atoms with E-state index in [1.807, 2.05) is 0 Å². The van der Waals surface area contributed by atoms with Crippen molar-refractivity contribution in [3.05, 3.63) is 190 Å². The van der Waals surface area contributed by atoms with Gasteiger partial charge < -0.3 is 0 Å². The molecular formula is C42H35N. The van der Waals surface area contributed by atoms with E-state index in [1.165, 1.54) is 66.8 Å². The molecule has 0 bridgehead atoms. The molecular weight excluding hydrogens is 518 g/mol. The van der Waals surface area contributed by atoms with Gasteiger partial charge in [-0.15, -0.1) is 0 Å². The molecule has 0 aliphatic heterocycles. The van der Waals surface area contributed by atoms with Crippen molar-refractivity contribution >= 4 is 0 Å². The predicted molar refractivity (Wildman–Crippen MR) is 178 cm³/mol. The van der Waals surface area contributed by atoms with Gasteiger partial charge >= 0.3 is 0 Å². The van der Waals surface area contributed by atoms with E-state index in [1.54, 1.807) is 0 Å². The molecule has 0 amide bonds. The highest BCUT2D eigenvalue weighted by atomic mass is 15.1. The van der Waals surface area contributed by atoms with E-state index in [0.29, 0.717) is 0 Å². The van der Waals surface area contributed by atoms with E-state index in [0.717, 1.165) is 26.1 Å². The Labute approximate surface area is 255 Å². The van der Waals surface area contributed by atoms with Crippen molar-refractivity contribution in [2.75, 3.05) is 6.54 Å². The van der Waals surface area contributed by atoms with Crippen LogP contribution < -0.4 is 0 Å². The molecule has 0 unspecified atom stereocenters. The van der Waals surface area contributed by atoms with Gasteiger partial charge in [0.2, 0.25) is 0 Å². The Hall–Kier alpha value is -4.72. The molecule has 0 atom stereocenters. The molecule has 0 saturated carbocycles. The molecule has 0 spiro atoms. The minimum atomic E-state index is -0.352. The Morgan fingerprint density at radius 3 is 1.91 bits per heavy atom. The van der Waals surface area contributed by atoms with Crippen LogP contribution >= 0.6 is 0 Å². The first-order chi connectivity index (χ1) is 21.3. The van der Waals surface area contributed by atoms with Crippen molar-refractivity contribution < 1.29 is 0 Å². The smallest absolute Gasteiger partial charge is 0.0713 e. The van der Waals surface area contributed by atoms with Crippen molar-refractivity contribution in [1.29, 1.82) is 0 Å². The topological polar surface area (TPSA) is 3.24 Å². The molecule has 0 fully saturated rings. The van der Waals surface area contributed by atoms with E-state index in [-0.39, 0.29) is 5.41 Å². The molecule has 1 heteroatoms. The monoisotopic (exact) mass is 553 g/mol. The summed E-state index contributed by atoms with van der Waals surface area (Å²) in [7, 11) is 0. The molecule has 43 heavy (non-hydrogen) atoms. The molecule has 6 aromatic carbocycles. The van der Waals surface area contributed by atoms with Crippen LogP contribution in [0.2, 0.25) is 0 Å². The lowest BCUT2D eigenvalue weighted by Crippen LogP contribution is -2.28. The molecule has 0 saturated heterocycles. The molecule has 8 rings (SSSR count). The zero-order valence-corrected chi connectivity index (χ0v) is 24.6. The van der Waals surface area contributed by atoms with E-state index >= 15 is 0 Å². The average Bonchev–Trinajstić information content (AvgIpc) is 3.59. The third-order valence-corrected chi connectivity index (χ3v) is 9.68. The second-order valence-electron chi connectivity index (χ2n) is 12.0. The molecule has 0 radical (unpaired) electrons. The van der Waals surface area contributed by atoms with Crippen LogP contribution in [0, 0.1) is 0 Å². The number of rotatable bonds is 7. The minimum absolute atomic E-state index is 0.352. The SMILES string of the molecule is CCN(Cc1ccc2c(c1)-c1ccccc1C2)Cc1cccc2c1-c1ccccc1C2(c1ccccc1)c1ccccc1. The number of fused-ring (bicyclic) bond motifs is 6. The van der Waals surface area contributed by atoms with Crippen LogP contribution in [0.15, 0.2) is 146 Å². The van der Waals surface area contributed by atoms with Crippen molar-refractivity contribution in [3.63, 3.8) is 0 Å². The van der Waals surface area contributed by atoms with Crippen molar-refractivity contribution in [1.82, 2.24) is 4.90 Å². The van der Waals surface area contributed by atoms with Crippen molar-refractivity contribution in [2.45, 2.75) is 31.8 Å². The van der Waals surface area contributed by atoms with Crippen LogP contribution in [-0.4, -0.2) is 11.4 Å². The maximum absolute atomic E-state index is 2.59. The first-order valence-electron chi connectivity index (χ1n) is 15.5. The molecule has 0 heterocycles. The Kier molecular flexibility index (Phi) is 6.35. The summed E-state index contributed by atoms with van der Waals surface area (Å²) in [6, 6.07) is 54.2.